The summed E-state index contributed by atoms with van der Waals surface area (Å²) in [5, 5.41) is 4.34. The fourth-order valence-corrected chi connectivity index (χ4v) is 8.82. The summed E-state index contributed by atoms with van der Waals surface area (Å²) in [5.74, 6) is -0.256. The molecule has 6 nitrogen and oxygen atoms in total. The second-order valence-electron chi connectivity index (χ2n) is 14.8. The van der Waals surface area contributed by atoms with Gasteiger partial charge in [0.25, 0.3) is 0 Å². The number of para-hydroxylation sites is 4. The Labute approximate surface area is 345 Å². The molecule has 282 valence electrons. The van der Waals surface area contributed by atoms with E-state index < -0.39 is 0 Å². The molecule has 4 aromatic heterocycles. The number of aromatic nitrogens is 4. The minimum atomic E-state index is -0.128. The van der Waals surface area contributed by atoms with Gasteiger partial charge in [0.1, 0.15) is 11.4 Å². The maximum Gasteiger partial charge on any atom is 0.211 e. The van der Waals surface area contributed by atoms with Gasteiger partial charge in [-0.25, -0.2) is 0 Å². The van der Waals surface area contributed by atoms with Gasteiger partial charge in [0.2, 0.25) is 11.6 Å². The van der Waals surface area contributed by atoms with Crippen molar-refractivity contribution >= 4 is 55.2 Å². The van der Waals surface area contributed by atoms with Crippen LogP contribution in [0.4, 0.5) is 0 Å². The predicted molar refractivity (Wildman–Crippen MR) is 241 cm³/mol. The second kappa shape index (κ2) is 14.3. The van der Waals surface area contributed by atoms with Gasteiger partial charge in [0.05, 0.1) is 22.1 Å². The summed E-state index contributed by atoms with van der Waals surface area (Å²) in [6, 6.07) is 64.9. The van der Waals surface area contributed by atoms with Crippen LogP contribution in [0.3, 0.4) is 0 Å². The third-order valence-corrected chi connectivity index (χ3v) is 11.4. The van der Waals surface area contributed by atoms with Crippen molar-refractivity contribution in [2.75, 3.05) is 0 Å². The highest BCUT2D eigenvalue weighted by Gasteiger charge is 2.29. The molecule has 0 spiro atoms. The second-order valence-corrected chi connectivity index (χ2v) is 14.8. The first-order chi connectivity index (χ1) is 29.7. The van der Waals surface area contributed by atoms with Gasteiger partial charge < -0.3 is 9.13 Å². The van der Waals surface area contributed by atoms with Crippen molar-refractivity contribution < 1.29 is 9.59 Å². The van der Waals surface area contributed by atoms with E-state index in [0.29, 0.717) is 22.5 Å². The molecule has 11 rings (SSSR count). The lowest BCUT2D eigenvalue weighted by Crippen LogP contribution is -2.04. The number of nitrogens with zero attached hydrogens (tertiary/aromatic N) is 4. The maximum atomic E-state index is 13.7. The number of fused-ring (bicyclic) bond motifs is 6. The molecular weight excluding hydrogens is 737 g/mol. The Balaban J connectivity index is 1.31. The van der Waals surface area contributed by atoms with Gasteiger partial charge in [-0.15, -0.1) is 0 Å². The Morgan fingerprint density at radius 2 is 0.733 bits per heavy atom. The van der Waals surface area contributed by atoms with E-state index in [-0.39, 0.29) is 11.6 Å². The Hall–Kier alpha value is -8.22. The van der Waals surface area contributed by atoms with E-state index >= 15 is 0 Å². The van der Waals surface area contributed by atoms with E-state index in [4.69, 9.17) is 0 Å². The smallest absolute Gasteiger partial charge is 0.211 e. The van der Waals surface area contributed by atoms with Crippen LogP contribution in [-0.4, -0.2) is 30.7 Å². The molecule has 4 heterocycles. The van der Waals surface area contributed by atoms with Crippen molar-refractivity contribution in [3.63, 3.8) is 0 Å². The zero-order valence-corrected chi connectivity index (χ0v) is 32.2. The van der Waals surface area contributed by atoms with Crippen molar-refractivity contribution in [1.82, 2.24) is 19.1 Å². The fourth-order valence-electron chi connectivity index (χ4n) is 8.82. The molecule has 0 aliphatic rings. The molecule has 0 bridgehead atoms. The SMILES string of the molecule is O=C(c1ccc(-c2c3c4ccccc4n(-c4ccccc4)c3c(-c3ccc(C(=O)c4ccccn4)cc3)c3c4ccccc4n(-c4ccccc4)c23)cc1)c1ccccn1. The van der Waals surface area contributed by atoms with E-state index in [1.807, 2.05) is 60.7 Å². The molecular formula is C54H34N4O2. The number of carbonyl (C=O) groups is 2. The molecule has 0 atom stereocenters. The van der Waals surface area contributed by atoms with Gasteiger partial charge in [-0.05, 0) is 71.8 Å². The van der Waals surface area contributed by atoms with Crippen molar-refractivity contribution in [3.8, 4) is 33.6 Å². The highest BCUT2D eigenvalue weighted by Crippen LogP contribution is 2.52. The molecule has 0 saturated carbocycles. The molecule has 0 radical (unpaired) electrons. The molecule has 60 heavy (non-hydrogen) atoms. The lowest BCUT2D eigenvalue weighted by Gasteiger charge is -2.18. The van der Waals surface area contributed by atoms with Crippen LogP contribution in [0.25, 0.3) is 77.2 Å². The molecule has 0 saturated heterocycles. The van der Waals surface area contributed by atoms with E-state index in [1.54, 1.807) is 24.5 Å². The quantitative estimate of drug-likeness (QED) is 0.144. The Morgan fingerprint density at radius 3 is 1.12 bits per heavy atom. The number of benzene rings is 7. The third-order valence-electron chi connectivity index (χ3n) is 11.4. The predicted octanol–water partition coefficient (Wildman–Crippen LogP) is 12.5. The lowest BCUT2D eigenvalue weighted by atomic mass is 9.89. The largest absolute Gasteiger partial charge is 0.309 e. The van der Waals surface area contributed by atoms with Gasteiger partial charge in [0, 0.05) is 67.6 Å². The summed E-state index contributed by atoms with van der Waals surface area (Å²) in [6.45, 7) is 0. The first-order valence-corrected chi connectivity index (χ1v) is 19.9. The zero-order valence-electron chi connectivity index (χ0n) is 32.2. The van der Waals surface area contributed by atoms with Crippen LogP contribution >= 0.6 is 0 Å². The highest BCUT2D eigenvalue weighted by molar-refractivity contribution is 6.33. The lowest BCUT2D eigenvalue weighted by molar-refractivity contribution is 0.102. The number of ketones is 2. The molecule has 0 aliphatic heterocycles. The van der Waals surface area contributed by atoms with Crippen LogP contribution in [0.1, 0.15) is 32.1 Å². The minimum absolute atomic E-state index is 0.128. The molecule has 0 aliphatic carbocycles. The number of pyridine rings is 2. The summed E-state index contributed by atoms with van der Waals surface area (Å²) in [5.41, 5.74) is 12.3. The summed E-state index contributed by atoms with van der Waals surface area (Å²) >= 11 is 0. The molecule has 0 N–H and O–H groups in total. The third kappa shape index (κ3) is 5.57. The van der Waals surface area contributed by atoms with Gasteiger partial charge in [-0.3, -0.25) is 19.6 Å². The van der Waals surface area contributed by atoms with Crippen molar-refractivity contribution in [2.24, 2.45) is 0 Å². The van der Waals surface area contributed by atoms with Gasteiger partial charge in [-0.2, -0.15) is 0 Å². The van der Waals surface area contributed by atoms with Crippen LogP contribution in [0.2, 0.25) is 0 Å². The Morgan fingerprint density at radius 1 is 0.367 bits per heavy atom. The van der Waals surface area contributed by atoms with Crippen LogP contribution in [0.15, 0.2) is 207 Å². The first-order valence-electron chi connectivity index (χ1n) is 19.9. The summed E-state index contributed by atoms with van der Waals surface area (Å²) in [6.07, 6.45) is 3.29. The maximum absolute atomic E-state index is 13.7. The van der Waals surface area contributed by atoms with Crippen molar-refractivity contribution in [3.05, 3.63) is 229 Å². The Kier molecular flexibility index (Phi) is 8.34. The molecule has 0 fully saturated rings. The van der Waals surface area contributed by atoms with E-state index in [0.717, 1.165) is 77.2 Å². The van der Waals surface area contributed by atoms with Crippen LogP contribution in [0, 0.1) is 0 Å². The zero-order chi connectivity index (χ0) is 40.2. The van der Waals surface area contributed by atoms with Crippen molar-refractivity contribution in [1.29, 1.82) is 0 Å². The van der Waals surface area contributed by atoms with E-state index in [9.17, 15) is 9.59 Å². The first kappa shape index (κ1) is 35.0. The summed E-state index contributed by atoms with van der Waals surface area (Å²) in [4.78, 5) is 36.0. The standard InChI is InChI=1S/C54H34N4O2/c59-53(43-21-11-13-33-55-43)37-29-25-35(26-30-37)47-50-42-20-8-10-24-46(42)58(40-17-5-2-6-18-40)52(50)48(36-27-31-38(32-28-36)54(60)44-22-12-14-34-56-44)49-41-19-7-9-23-45(41)57(51(47)49)39-15-3-1-4-16-39/h1-34H. The van der Waals surface area contributed by atoms with Crippen molar-refractivity contribution in [2.45, 2.75) is 0 Å². The molecule has 7 aromatic carbocycles. The van der Waals surface area contributed by atoms with E-state index in [1.165, 1.54) is 0 Å². The average molecular weight is 771 g/mol. The molecule has 11 aromatic rings. The number of rotatable bonds is 8. The normalized spacial score (nSPS) is 11.5. The van der Waals surface area contributed by atoms with Crippen LogP contribution in [-0.2, 0) is 0 Å². The van der Waals surface area contributed by atoms with Gasteiger partial charge >= 0.3 is 0 Å². The van der Waals surface area contributed by atoms with Crippen LogP contribution in [0.5, 0.6) is 0 Å². The summed E-state index contributed by atoms with van der Waals surface area (Å²) in [7, 11) is 0. The number of hydrogen-bond donors (Lipinski definition) is 0. The molecule has 0 unspecified atom stereocenters. The van der Waals surface area contributed by atoms with Gasteiger partial charge in [0.15, 0.2) is 0 Å². The van der Waals surface area contributed by atoms with E-state index in [2.05, 4.69) is 140 Å². The van der Waals surface area contributed by atoms with Crippen LogP contribution < -0.4 is 0 Å². The number of hydrogen-bond acceptors (Lipinski definition) is 4. The molecule has 6 heteroatoms. The number of carbonyl (C=O) groups excluding carboxylic acids is 2. The van der Waals surface area contributed by atoms with Gasteiger partial charge in [-0.1, -0.05) is 133 Å². The molecule has 0 amide bonds. The average Bonchev–Trinajstić information content (AvgIpc) is 3.85. The fraction of sp³-hybridized carbons (Fsp3) is 0. The topological polar surface area (TPSA) is 69.8 Å². The minimum Gasteiger partial charge on any atom is -0.309 e. The highest BCUT2D eigenvalue weighted by atomic mass is 16.1. The monoisotopic (exact) mass is 770 g/mol. The summed E-state index contributed by atoms with van der Waals surface area (Å²) < 4.78 is 4.76. The Bertz CT molecular complexity index is 3180.